The van der Waals surface area contributed by atoms with E-state index in [2.05, 4.69) is 10.1 Å². The predicted molar refractivity (Wildman–Crippen MR) is 55.3 cm³/mol. The highest BCUT2D eigenvalue weighted by atomic mass is 127. The molecule has 2 nitrogen and oxygen atoms in total. The molecule has 0 rings (SSSR count). The molecule has 0 aliphatic rings. The predicted octanol–water partition coefficient (Wildman–Crippen LogP) is 2.14. The summed E-state index contributed by atoms with van der Waals surface area (Å²) in [5.74, 6) is -0.128. The van der Waals surface area contributed by atoms with Crippen molar-refractivity contribution >= 4 is 28.8 Å². The Kier molecular flexibility index (Phi) is 5.83. The molecule has 0 aromatic carbocycles. The Balaban J connectivity index is 3.93. The number of hydrogen-bond donors (Lipinski definition) is 1. The van der Waals surface area contributed by atoms with Crippen molar-refractivity contribution in [1.82, 2.24) is 3.53 Å². The summed E-state index contributed by atoms with van der Waals surface area (Å²) in [6, 6.07) is 0. The van der Waals surface area contributed by atoms with E-state index < -0.39 is 0 Å². The number of carbonyl (C=O) groups excluding carboxylic acids is 1. The molecular weight excluding hydrogens is 253 g/mol. The molecule has 3 heteroatoms. The summed E-state index contributed by atoms with van der Waals surface area (Å²) in [5.41, 5.74) is 0.813. The van der Waals surface area contributed by atoms with Crippen LogP contribution in [-0.4, -0.2) is 5.91 Å². The van der Waals surface area contributed by atoms with E-state index in [4.69, 9.17) is 0 Å². The SMILES string of the molecule is C=C(/C=C\C)/C=C/C(=O)NI. The molecule has 0 aliphatic heterocycles. The smallest absolute Gasteiger partial charge is 0.252 e. The van der Waals surface area contributed by atoms with Crippen molar-refractivity contribution < 1.29 is 4.79 Å². The molecule has 0 aliphatic carbocycles. The van der Waals surface area contributed by atoms with Crippen LogP contribution in [0.5, 0.6) is 0 Å². The van der Waals surface area contributed by atoms with Crippen molar-refractivity contribution in [2.45, 2.75) is 6.92 Å². The number of halogens is 1. The molecule has 0 saturated carbocycles. The first-order valence-corrected chi connectivity index (χ1v) is 4.19. The molecule has 0 unspecified atom stereocenters. The molecule has 0 bridgehead atoms. The molecule has 60 valence electrons. The zero-order valence-electron chi connectivity index (χ0n) is 6.30. The number of amides is 1. The fraction of sp³-hybridized carbons (Fsp3) is 0.125. The third-order valence-electron chi connectivity index (χ3n) is 0.923. The lowest BCUT2D eigenvalue weighted by molar-refractivity contribution is -0.114. The minimum absolute atomic E-state index is 0.128. The fourth-order valence-corrected chi connectivity index (χ4v) is 0.664. The van der Waals surface area contributed by atoms with Crippen molar-refractivity contribution in [1.29, 1.82) is 0 Å². The van der Waals surface area contributed by atoms with Gasteiger partial charge in [0.15, 0.2) is 0 Å². The Morgan fingerprint density at radius 2 is 2.09 bits per heavy atom. The third kappa shape index (κ3) is 5.84. The van der Waals surface area contributed by atoms with Gasteiger partial charge in [-0.25, -0.2) is 0 Å². The lowest BCUT2D eigenvalue weighted by atomic mass is 10.2. The van der Waals surface area contributed by atoms with Gasteiger partial charge in [0, 0.05) is 6.08 Å². The second-order valence-corrected chi connectivity index (χ2v) is 2.41. The first-order chi connectivity index (χ1) is 5.20. The summed E-state index contributed by atoms with van der Waals surface area (Å²) in [6.07, 6.45) is 6.80. The molecule has 0 radical (unpaired) electrons. The van der Waals surface area contributed by atoms with Gasteiger partial charge >= 0.3 is 0 Å². The van der Waals surface area contributed by atoms with Gasteiger partial charge in [0.2, 0.25) is 0 Å². The van der Waals surface area contributed by atoms with Crippen LogP contribution in [-0.2, 0) is 4.79 Å². The molecule has 1 amide bonds. The Morgan fingerprint density at radius 3 is 2.55 bits per heavy atom. The van der Waals surface area contributed by atoms with Crippen LogP contribution in [0.15, 0.2) is 36.5 Å². The van der Waals surface area contributed by atoms with E-state index in [0.29, 0.717) is 0 Å². The number of rotatable bonds is 3. The largest absolute Gasteiger partial charge is 0.295 e. The summed E-state index contributed by atoms with van der Waals surface area (Å²) < 4.78 is 2.44. The normalized spacial score (nSPS) is 10.7. The Labute approximate surface area is 80.6 Å². The van der Waals surface area contributed by atoms with Crippen LogP contribution in [0.3, 0.4) is 0 Å². The number of nitrogens with one attached hydrogen (secondary N) is 1. The van der Waals surface area contributed by atoms with Crippen LogP contribution in [0, 0.1) is 0 Å². The van der Waals surface area contributed by atoms with Gasteiger partial charge in [0.25, 0.3) is 5.91 Å². The van der Waals surface area contributed by atoms with Gasteiger partial charge in [-0.3, -0.25) is 8.32 Å². The van der Waals surface area contributed by atoms with Crippen LogP contribution in [0.2, 0.25) is 0 Å². The van der Waals surface area contributed by atoms with Crippen LogP contribution in [0.1, 0.15) is 6.92 Å². The average molecular weight is 263 g/mol. The summed E-state index contributed by atoms with van der Waals surface area (Å²) in [7, 11) is 0. The van der Waals surface area contributed by atoms with E-state index >= 15 is 0 Å². The number of hydrogen-bond acceptors (Lipinski definition) is 1. The summed E-state index contributed by atoms with van der Waals surface area (Å²) in [4.78, 5) is 10.6. The van der Waals surface area contributed by atoms with Gasteiger partial charge in [0.1, 0.15) is 0 Å². The van der Waals surface area contributed by atoms with Gasteiger partial charge in [0.05, 0.1) is 22.9 Å². The first-order valence-electron chi connectivity index (χ1n) is 3.11. The van der Waals surface area contributed by atoms with E-state index in [9.17, 15) is 4.79 Å². The van der Waals surface area contributed by atoms with Gasteiger partial charge in [-0.05, 0) is 12.5 Å². The highest BCUT2D eigenvalue weighted by Crippen LogP contribution is 1.94. The Hall–Kier alpha value is -0.580. The lowest BCUT2D eigenvalue weighted by Crippen LogP contribution is -2.06. The molecule has 0 saturated heterocycles. The average Bonchev–Trinajstić information content (AvgIpc) is 2.01. The van der Waals surface area contributed by atoms with Crippen molar-refractivity contribution in [2.24, 2.45) is 0 Å². The second-order valence-electron chi connectivity index (χ2n) is 1.87. The highest BCUT2D eigenvalue weighted by molar-refractivity contribution is 14.1. The monoisotopic (exact) mass is 263 g/mol. The number of allylic oxidation sites excluding steroid dienone is 4. The van der Waals surface area contributed by atoms with Gasteiger partial charge in [-0.1, -0.05) is 24.8 Å². The molecule has 0 heterocycles. The van der Waals surface area contributed by atoms with E-state index in [-0.39, 0.29) is 5.91 Å². The van der Waals surface area contributed by atoms with Crippen molar-refractivity contribution in [2.75, 3.05) is 0 Å². The van der Waals surface area contributed by atoms with E-state index in [1.807, 2.05) is 19.1 Å². The maximum atomic E-state index is 10.6. The molecule has 0 aromatic rings. The van der Waals surface area contributed by atoms with Crippen molar-refractivity contribution in [3.8, 4) is 0 Å². The zero-order chi connectivity index (χ0) is 8.69. The highest BCUT2D eigenvalue weighted by Gasteiger charge is 1.87. The second kappa shape index (κ2) is 6.15. The minimum atomic E-state index is -0.128. The summed E-state index contributed by atoms with van der Waals surface area (Å²) in [6.45, 7) is 5.59. The van der Waals surface area contributed by atoms with Gasteiger partial charge in [-0.15, -0.1) is 0 Å². The molecule has 11 heavy (non-hydrogen) atoms. The fourth-order valence-electron chi connectivity index (χ4n) is 0.484. The maximum Gasteiger partial charge on any atom is 0.252 e. The van der Waals surface area contributed by atoms with Crippen LogP contribution in [0.25, 0.3) is 0 Å². The van der Waals surface area contributed by atoms with Crippen molar-refractivity contribution in [3.05, 3.63) is 36.5 Å². The van der Waals surface area contributed by atoms with Gasteiger partial charge in [-0.2, -0.15) is 0 Å². The van der Waals surface area contributed by atoms with E-state index in [1.165, 1.54) is 6.08 Å². The third-order valence-corrected chi connectivity index (χ3v) is 1.45. The van der Waals surface area contributed by atoms with Crippen LogP contribution >= 0.6 is 22.9 Å². The molecule has 0 fully saturated rings. The molecule has 0 aromatic heterocycles. The summed E-state index contributed by atoms with van der Waals surface area (Å²) in [5, 5.41) is 0. The molecule has 1 N–H and O–H groups in total. The topological polar surface area (TPSA) is 29.1 Å². The zero-order valence-corrected chi connectivity index (χ0v) is 8.46. The maximum absolute atomic E-state index is 10.6. The quantitative estimate of drug-likeness (QED) is 0.359. The molecule has 0 spiro atoms. The first kappa shape index (κ1) is 10.4. The lowest BCUT2D eigenvalue weighted by Gasteiger charge is -1.88. The molecule has 0 atom stereocenters. The molecular formula is C8H10INO. The van der Waals surface area contributed by atoms with Crippen LogP contribution in [0.4, 0.5) is 0 Å². The van der Waals surface area contributed by atoms with Crippen molar-refractivity contribution in [3.63, 3.8) is 0 Å². The Morgan fingerprint density at radius 1 is 1.45 bits per heavy atom. The number of carbonyl (C=O) groups is 1. The standard InChI is InChI=1S/C8H10INO/c1-3-4-7(2)5-6-8(11)10-9/h3-6H,2H2,1H3,(H,10,11)/b4-3-,6-5+. The minimum Gasteiger partial charge on any atom is -0.295 e. The summed E-state index contributed by atoms with van der Waals surface area (Å²) >= 11 is 1.78. The van der Waals surface area contributed by atoms with Gasteiger partial charge < -0.3 is 0 Å². The Bertz CT molecular complexity index is 206. The van der Waals surface area contributed by atoms with E-state index in [1.54, 1.807) is 28.9 Å². The van der Waals surface area contributed by atoms with E-state index in [0.717, 1.165) is 5.57 Å². The van der Waals surface area contributed by atoms with Crippen LogP contribution < -0.4 is 3.53 Å².